The fraction of sp³-hybridized carbons (Fsp3) is 0.625. The monoisotopic (exact) mass is 265 g/mol. The summed E-state index contributed by atoms with van der Waals surface area (Å²) in [5.74, 6) is 0.923. The van der Waals surface area contributed by atoms with Crippen LogP contribution in [0.4, 0.5) is 0 Å². The van der Waals surface area contributed by atoms with E-state index in [-0.39, 0.29) is 0 Å². The van der Waals surface area contributed by atoms with Crippen LogP contribution in [0.25, 0.3) is 0 Å². The van der Waals surface area contributed by atoms with Gasteiger partial charge >= 0.3 is 0 Å². The summed E-state index contributed by atoms with van der Waals surface area (Å²) in [7, 11) is 3.46. The Hall–Kier alpha value is -1.06. The SMILES string of the molecule is CCNC(CCCOC)CCc1ccc(OC)cc1. The fourth-order valence-corrected chi connectivity index (χ4v) is 2.24. The molecule has 0 aliphatic heterocycles. The van der Waals surface area contributed by atoms with E-state index in [1.165, 1.54) is 18.4 Å². The van der Waals surface area contributed by atoms with Crippen molar-refractivity contribution in [2.24, 2.45) is 0 Å². The van der Waals surface area contributed by atoms with E-state index >= 15 is 0 Å². The molecule has 1 N–H and O–H groups in total. The Labute approximate surface area is 117 Å². The first kappa shape index (κ1) is 16.0. The zero-order valence-electron chi connectivity index (χ0n) is 12.4. The van der Waals surface area contributed by atoms with Gasteiger partial charge in [0, 0.05) is 19.8 Å². The highest BCUT2D eigenvalue weighted by molar-refractivity contribution is 5.27. The number of aryl methyl sites for hydroxylation is 1. The largest absolute Gasteiger partial charge is 0.497 e. The minimum Gasteiger partial charge on any atom is -0.497 e. The number of methoxy groups -OCH3 is 2. The van der Waals surface area contributed by atoms with E-state index in [0.717, 1.165) is 31.7 Å². The highest BCUT2D eigenvalue weighted by atomic mass is 16.5. The molecule has 0 fully saturated rings. The first-order chi connectivity index (χ1) is 9.30. The van der Waals surface area contributed by atoms with Crippen LogP contribution in [0.3, 0.4) is 0 Å². The van der Waals surface area contributed by atoms with Gasteiger partial charge in [-0.1, -0.05) is 19.1 Å². The van der Waals surface area contributed by atoms with Crippen LogP contribution in [-0.4, -0.2) is 33.4 Å². The minimum absolute atomic E-state index is 0.585. The second kappa shape index (κ2) is 9.82. The Bertz CT molecular complexity index is 324. The first-order valence-electron chi connectivity index (χ1n) is 7.15. The molecule has 0 radical (unpaired) electrons. The summed E-state index contributed by atoms with van der Waals surface area (Å²) in [6, 6.07) is 8.95. The van der Waals surface area contributed by atoms with Gasteiger partial charge in [-0.2, -0.15) is 0 Å². The molecule has 0 spiro atoms. The molecule has 0 bridgehead atoms. The molecule has 108 valence electrons. The van der Waals surface area contributed by atoms with Crippen molar-refractivity contribution in [3.63, 3.8) is 0 Å². The van der Waals surface area contributed by atoms with Gasteiger partial charge in [-0.3, -0.25) is 0 Å². The smallest absolute Gasteiger partial charge is 0.118 e. The number of benzene rings is 1. The van der Waals surface area contributed by atoms with Crippen LogP contribution in [0, 0.1) is 0 Å². The Kier molecular flexibility index (Phi) is 8.26. The lowest BCUT2D eigenvalue weighted by atomic mass is 10.0. The number of rotatable bonds is 10. The van der Waals surface area contributed by atoms with Crippen LogP contribution in [0.2, 0.25) is 0 Å². The van der Waals surface area contributed by atoms with Crippen molar-refractivity contribution >= 4 is 0 Å². The van der Waals surface area contributed by atoms with E-state index in [0.29, 0.717) is 6.04 Å². The van der Waals surface area contributed by atoms with Crippen molar-refractivity contribution in [3.05, 3.63) is 29.8 Å². The van der Waals surface area contributed by atoms with Gasteiger partial charge in [-0.05, 0) is 49.9 Å². The van der Waals surface area contributed by atoms with Crippen molar-refractivity contribution in [1.82, 2.24) is 5.32 Å². The van der Waals surface area contributed by atoms with E-state index in [9.17, 15) is 0 Å². The zero-order valence-corrected chi connectivity index (χ0v) is 12.4. The van der Waals surface area contributed by atoms with E-state index in [1.54, 1.807) is 14.2 Å². The lowest BCUT2D eigenvalue weighted by Gasteiger charge is -2.17. The summed E-state index contributed by atoms with van der Waals surface area (Å²) < 4.78 is 10.3. The van der Waals surface area contributed by atoms with E-state index < -0.39 is 0 Å². The third kappa shape index (κ3) is 6.60. The molecule has 0 aliphatic carbocycles. The molecule has 1 aromatic rings. The summed E-state index contributed by atoms with van der Waals surface area (Å²) in [4.78, 5) is 0. The summed E-state index contributed by atoms with van der Waals surface area (Å²) in [6.45, 7) is 4.04. The van der Waals surface area contributed by atoms with Crippen molar-refractivity contribution in [2.45, 2.75) is 38.6 Å². The van der Waals surface area contributed by atoms with Gasteiger partial charge < -0.3 is 14.8 Å². The average molecular weight is 265 g/mol. The Balaban J connectivity index is 2.36. The lowest BCUT2D eigenvalue weighted by Crippen LogP contribution is -2.29. The summed E-state index contributed by atoms with van der Waals surface area (Å²) in [5, 5.41) is 3.55. The summed E-state index contributed by atoms with van der Waals surface area (Å²) in [6.07, 6.45) is 4.58. The number of ether oxygens (including phenoxy) is 2. The van der Waals surface area contributed by atoms with Crippen molar-refractivity contribution in [2.75, 3.05) is 27.4 Å². The van der Waals surface area contributed by atoms with Gasteiger partial charge in [-0.25, -0.2) is 0 Å². The molecule has 0 aromatic heterocycles. The Morgan fingerprint density at radius 3 is 2.42 bits per heavy atom. The van der Waals surface area contributed by atoms with Crippen LogP contribution in [0.15, 0.2) is 24.3 Å². The fourth-order valence-electron chi connectivity index (χ4n) is 2.24. The highest BCUT2D eigenvalue weighted by Crippen LogP contribution is 2.14. The van der Waals surface area contributed by atoms with Crippen LogP contribution >= 0.6 is 0 Å². The van der Waals surface area contributed by atoms with Gasteiger partial charge in [0.25, 0.3) is 0 Å². The molecule has 0 heterocycles. The molecule has 1 rings (SSSR count). The van der Waals surface area contributed by atoms with Crippen LogP contribution < -0.4 is 10.1 Å². The predicted octanol–water partition coefficient (Wildman–Crippen LogP) is 3.03. The molecule has 0 saturated heterocycles. The molecule has 0 amide bonds. The molecule has 19 heavy (non-hydrogen) atoms. The zero-order chi connectivity index (χ0) is 13.9. The normalized spacial score (nSPS) is 12.4. The highest BCUT2D eigenvalue weighted by Gasteiger charge is 2.07. The van der Waals surface area contributed by atoms with Gasteiger partial charge in [0.15, 0.2) is 0 Å². The molecule has 3 nitrogen and oxygen atoms in total. The minimum atomic E-state index is 0.585. The Morgan fingerprint density at radius 1 is 1.11 bits per heavy atom. The molecule has 1 aromatic carbocycles. The number of nitrogens with one attached hydrogen (secondary N) is 1. The van der Waals surface area contributed by atoms with Crippen LogP contribution in [0.1, 0.15) is 31.7 Å². The summed E-state index contributed by atoms with van der Waals surface area (Å²) >= 11 is 0. The second-order valence-corrected chi connectivity index (χ2v) is 4.78. The van der Waals surface area contributed by atoms with Crippen molar-refractivity contribution < 1.29 is 9.47 Å². The molecule has 1 atom stereocenters. The standard InChI is InChI=1S/C16H27NO2/c1-4-17-15(6-5-13-18-2)10-7-14-8-11-16(19-3)12-9-14/h8-9,11-12,15,17H,4-7,10,13H2,1-3H3. The van der Waals surface area contributed by atoms with Gasteiger partial charge in [-0.15, -0.1) is 0 Å². The number of hydrogen-bond acceptors (Lipinski definition) is 3. The van der Waals surface area contributed by atoms with Crippen molar-refractivity contribution in [3.8, 4) is 5.75 Å². The molecule has 0 aliphatic rings. The maximum atomic E-state index is 5.17. The van der Waals surface area contributed by atoms with E-state index in [4.69, 9.17) is 9.47 Å². The van der Waals surface area contributed by atoms with Crippen LogP contribution in [-0.2, 0) is 11.2 Å². The average Bonchev–Trinajstić information content (AvgIpc) is 2.45. The van der Waals surface area contributed by atoms with Crippen LogP contribution in [0.5, 0.6) is 5.75 Å². The third-order valence-electron chi connectivity index (χ3n) is 3.33. The molecule has 3 heteroatoms. The molecule has 0 saturated carbocycles. The molecular formula is C16H27NO2. The summed E-state index contributed by atoms with van der Waals surface area (Å²) in [5.41, 5.74) is 1.37. The predicted molar refractivity (Wildman–Crippen MR) is 79.9 cm³/mol. The number of hydrogen-bond donors (Lipinski definition) is 1. The van der Waals surface area contributed by atoms with Gasteiger partial charge in [0.1, 0.15) is 5.75 Å². The van der Waals surface area contributed by atoms with Gasteiger partial charge in [0.05, 0.1) is 7.11 Å². The topological polar surface area (TPSA) is 30.5 Å². The first-order valence-corrected chi connectivity index (χ1v) is 7.15. The van der Waals surface area contributed by atoms with Crippen molar-refractivity contribution in [1.29, 1.82) is 0 Å². The van der Waals surface area contributed by atoms with E-state index in [1.807, 2.05) is 12.1 Å². The second-order valence-electron chi connectivity index (χ2n) is 4.78. The quantitative estimate of drug-likeness (QED) is 0.660. The van der Waals surface area contributed by atoms with E-state index in [2.05, 4.69) is 24.4 Å². The maximum absolute atomic E-state index is 5.17. The van der Waals surface area contributed by atoms with Gasteiger partial charge in [0.2, 0.25) is 0 Å². The Morgan fingerprint density at radius 2 is 1.84 bits per heavy atom. The molecule has 1 unspecified atom stereocenters. The lowest BCUT2D eigenvalue weighted by molar-refractivity contribution is 0.188. The maximum Gasteiger partial charge on any atom is 0.118 e. The third-order valence-corrected chi connectivity index (χ3v) is 3.33. The molecular weight excluding hydrogens is 238 g/mol.